The standard InChI is InChI=1S/C17H27ClN2/c1-3-9-20-10-5-4-6-15(12-19)17(20)14-8-7-13(2)16(18)11-14/h7-8,11,15,17H,3-6,9-10,12,19H2,1-2H3. The van der Waals surface area contributed by atoms with E-state index in [1.165, 1.54) is 37.8 Å². The first-order valence-corrected chi connectivity index (χ1v) is 8.25. The Labute approximate surface area is 128 Å². The van der Waals surface area contributed by atoms with Crippen LogP contribution in [0.5, 0.6) is 0 Å². The molecule has 1 saturated heterocycles. The van der Waals surface area contributed by atoms with Gasteiger partial charge in [0.1, 0.15) is 0 Å². The summed E-state index contributed by atoms with van der Waals surface area (Å²) in [5, 5.41) is 0.874. The van der Waals surface area contributed by atoms with E-state index in [1.807, 2.05) is 0 Å². The molecule has 2 nitrogen and oxygen atoms in total. The highest BCUT2D eigenvalue weighted by Crippen LogP contribution is 2.36. The molecule has 1 aliphatic heterocycles. The third kappa shape index (κ3) is 3.55. The van der Waals surface area contributed by atoms with Gasteiger partial charge in [-0.25, -0.2) is 0 Å². The van der Waals surface area contributed by atoms with Gasteiger partial charge in [-0.15, -0.1) is 0 Å². The Morgan fingerprint density at radius 3 is 2.80 bits per heavy atom. The smallest absolute Gasteiger partial charge is 0.0438 e. The molecule has 2 unspecified atom stereocenters. The predicted molar refractivity (Wildman–Crippen MR) is 87.2 cm³/mol. The maximum Gasteiger partial charge on any atom is 0.0438 e. The Hall–Kier alpha value is -0.570. The van der Waals surface area contributed by atoms with Gasteiger partial charge in [-0.2, -0.15) is 0 Å². The van der Waals surface area contributed by atoms with E-state index in [0.29, 0.717) is 12.0 Å². The Morgan fingerprint density at radius 1 is 1.35 bits per heavy atom. The third-order valence-corrected chi connectivity index (χ3v) is 4.87. The van der Waals surface area contributed by atoms with E-state index in [9.17, 15) is 0 Å². The fourth-order valence-corrected chi connectivity index (χ4v) is 3.57. The van der Waals surface area contributed by atoms with Gasteiger partial charge in [0.2, 0.25) is 0 Å². The van der Waals surface area contributed by atoms with Crippen molar-refractivity contribution in [1.29, 1.82) is 0 Å². The second-order valence-electron chi connectivity index (χ2n) is 5.98. The molecule has 0 spiro atoms. The summed E-state index contributed by atoms with van der Waals surface area (Å²) in [7, 11) is 0. The van der Waals surface area contributed by atoms with Crippen molar-refractivity contribution in [2.45, 2.75) is 45.6 Å². The molecule has 1 heterocycles. The Bertz CT molecular complexity index is 433. The van der Waals surface area contributed by atoms with Crippen molar-refractivity contribution >= 4 is 11.6 Å². The molecule has 2 atom stereocenters. The van der Waals surface area contributed by atoms with E-state index in [-0.39, 0.29) is 0 Å². The number of halogens is 1. The second kappa shape index (κ2) is 7.44. The lowest BCUT2D eigenvalue weighted by molar-refractivity contribution is 0.158. The fourth-order valence-electron chi connectivity index (χ4n) is 3.38. The van der Waals surface area contributed by atoms with Crippen molar-refractivity contribution in [3.05, 3.63) is 34.3 Å². The number of hydrogen-bond donors (Lipinski definition) is 1. The van der Waals surface area contributed by atoms with Crippen molar-refractivity contribution in [2.75, 3.05) is 19.6 Å². The van der Waals surface area contributed by atoms with E-state index in [0.717, 1.165) is 23.7 Å². The number of benzene rings is 1. The van der Waals surface area contributed by atoms with Crippen LogP contribution < -0.4 is 5.73 Å². The summed E-state index contributed by atoms with van der Waals surface area (Å²) >= 11 is 6.34. The van der Waals surface area contributed by atoms with E-state index in [2.05, 4.69) is 36.9 Å². The topological polar surface area (TPSA) is 29.3 Å². The molecule has 20 heavy (non-hydrogen) atoms. The maximum atomic E-state index is 6.34. The van der Waals surface area contributed by atoms with Crippen molar-refractivity contribution in [1.82, 2.24) is 4.90 Å². The average Bonchev–Trinajstić information content (AvgIpc) is 2.64. The third-order valence-electron chi connectivity index (χ3n) is 4.46. The first-order chi connectivity index (χ1) is 9.67. The average molecular weight is 295 g/mol. The summed E-state index contributed by atoms with van der Waals surface area (Å²) in [5.74, 6) is 0.544. The van der Waals surface area contributed by atoms with Crippen molar-refractivity contribution in [3.8, 4) is 0 Å². The van der Waals surface area contributed by atoms with Crippen molar-refractivity contribution < 1.29 is 0 Å². The minimum atomic E-state index is 0.431. The van der Waals surface area contributed by atoms with Crippen LogP contribution in [0.3, 0.4) is 0 Å². The highest BCUT2D eigenvalue weighted by Gasteiger charge is 2.29. The molecular formula is C17H27ClN2. The Balaban J connectivity index is 2.34. The molecule has 0 aliphatic carbocycles. The first-order valence-electron chi connectivity index (χ1n) is 7.87. The maximum absolute atomic E-state index is 6.34. The largest absolute Gasteiger partial charge is 0.330 e. The molecule has 0 radical (unpaired) electrons. The number of aryl methyl sites for hydroxylation is 1. The zero-order chi connectivity index (χ0) is 14.5. The number of nitrogens with two attached hydrogens (primary N) is 1. The van der Waals surface area contributed by atoms with Gasteiger partial charge >= 0.3 is 0 Å². The van der Waals surface area contributed by atoms with Crippen LogP contribution in [0.4, 0.5) is 0 Å². The first kappa shape index (κ1) is 15.8. The molecule has 2 N–H and O–H groups in total. The molecule has 0 amide bonds. The lowest BCUT2D eigenvalue weighted by Gasteiger charge is -2.35. The number of likely N-dealkylation sites (tertiary alicyclic amines) is 1. The minimum Gasteiger partial charge on any atom is -0.330 e. The summed E-state index contributed by atoms with van der Waals surface area (Å²) in [6.45, 7) is 7.40. The molecule has 2 rings (SSSR count). The molecular weight excluding hydrogens is 268 g/mol. The number of rotatable bonds is 4. The summed E-state index contributed by atoms with van der Waals surface area (Å²) in [6, 6.07) is 6.96. The van der Waals surface area contributed by atoms with Gasteiger partial charge < -0.3 is 5.73 Å². The normalized spacial score (nSPS) is 24.6. The van der Waals surface area contributed by atoms with Crippen molar-refractivity contribution in [3.63, 3.8) is 0 Å². The van der Waals surface area contributed by atoms with Crippen LogP contribution in [0.25, 0.3) is 0 Å². The molecule has 1 fully saturated rings. The highest BCUT2D eigenvalue weighted by atomic mass is 35.5. The minimum absolute atomic E-state index is 0.431. The van der Waals surface area contributed by atoms with E-state index in [1.54, 1.807) is 0 Å². The van der Waals surface area contributed by atoms with Crippen LogP contribution in [-0.4, -0.2) is 24.5 Å². The number of hydrogen-bond acceptors (Lipinski definition) is 2. The van der Waals surface area contributed by atoms with E-state index >= 15 is 0 Å². The summed E-state index contributed by atoms with van der Waals surface area (Å²) in [5.41, 5.74) is 8.55. The molecule has 1 aromatic rings. The van der Waals surface area contributed by atoms with Crippen LogP contribution in [-0.2, 0) is 0 Å². The summed E-state index contributed by atoms with van der Waals surface area (Å²) in [6.07, 6.45) is 4.99. The molecule has 0 bridgehead atoms. The lowest BCUT2D eigenvalue weighted by Crippen LogP contribution is -2.36. The highest BCUT2D eigenvalue weighted by molar-refractivity contribution is 6.31. The summed E-state index contributed by atoms with van der Waals surface area (Å²) in [4.78, 5) is 2.62. The van der Waals surface area contributed by atoms with Gasteiger partial charge in [0.05, 0.1) is 0 Å². The van der Waals surface area contributed by atoms with Gasteiger partial charge in [0.15, 0.2) is 0 Å². The van der Waals surface area contributed by atoms with Crippen molar-refractivity contribution in [2.24, 2.45) is 11.7 Å². The van der Waals surface area contributed by atoms with Crippen LogP contribution in [0.2, 0.25) is 5.02 Å². The molecule has 1 aromatic carbocycles. The van der Waals surface area contributed by atoms with Gasteiger partial charge in [-0.05, 0) is 68.9 Å². The molecule has 112 valence electrons. The van der Waals surface area contributed by atoms with E-state index in [4.69, 9.17) is 17.3 Å². The SMILES string of the molecule is CCCN1CCCCC(CN)C1c1ccc(C)c(Cl)c1. The molecule has 1 aliphatic rings. The van der Waals surface area contributed by atoms with Crippen LogP contribution in [0.1, 0.15) is 49.8 Å². The molecule has 3 heteroatoms. The zero-order valence-electron chi connectivity index (χ0n) is 12.7. The Kier molecular flexibility index (Phi) is 5.88. The summed E-state index contributed by atoms with van der Waals surface area (Å²) < 4.78 is 0. The van der Waals surface area contributed by atoms with Crippen LogP contribution in [0, 0.1) is 12.8 Å². The monoisotopic (exact) mass is 294 g/mol. The fraction of sp³-hybridized carbons (Fsp3) is 0.647. The molecule has 0 aromatic heterocycles. The van der Waals surface area contributed by atoms with Gasteiger partial charge in [-0.3, -0.25) is 4.90 Å². The van der Waals surface area contributed by atoms with Crippen LogP contribution in [0.15, 0.2) is 18.2 Å². The van der Waals surface area contributed by atoms with E-state index < -0.39 is 0 Å². The predicted octanol–water partition coefficient (Wildman–Crippen LogP) is 4.16. The van der Waals surface area contributed by atoms with Gasteiger partial charge in [-0.1, -0.05) is 37.1 Å². The van der Waals surface area contributed by atoms with Crippen LogP contribution >= 0.6 is 11.6 Å². The number of nitrogens with zero attached hydrogens (tertiary/aromatic N) is 1. The van der Waals surface area contributed by atoms with Gasteiger partial charge in [0, 0.05) is 11.1 Å². The molecule has 0 saturated carbocycles. The quantitative estimate of drug-likeness (QED) is 0.903. The Morgan fingerprint density at radius 2 is 2.15 bits per heavy atom. The second-order valence-corrected chi connectivity index (χ2v) is 6.39. The van der Waals surface area contributed by atoms with Gasteiger partial charge in [0.25, 0.3) is 0 Å². The zero-order valence-corrected chi connectivity index (χ0v) is 13.5. The lowest BCUT2D eigenvalue weighted by atomic mass is 9.89.